The van der Waals surface area contributed by atoms with Crippen LogP contribution in [0.15, 0.2) is 91.0 Å². The summed E-state index contributed by atoms with van der Waals surface area (Å²) in [7, 11) is 0. The first kappa shape index (κ1) is 27.3. The third-order valence-electron chi connectivity index (χ3n) is 7.70. The molecule has 4 aromatic carbocycles. The van der Waals surface area contributed by atoms with E-state index in [4.69, 9.17) is 0 Å². The van der Waals surface area contributed by atoms with Crippen molar-refractivity contribution in [3.8, 4) is 0 Å². The van der Waals surface area contributed by atoms with Gasteiger partial charge in [0.25, 0.3) is 0 Å². The summed E-state index contributed by atoms with van der Waals surface area (Å²) in [5, 5.41) is 0. The molecule has 2 atom stereocenters. The van der Waals surface area contributed by atoms with Gasteiger partial charge in [-0.1, -0.05) is 78.4 Å². The normalized spacial score (nSPS) is 16.6. The van der Waals surface area contributed by atoms with E-state index < -0.39 is 34.7 Å². The van der Waals surface area contributed by atoms with Gasteiger partial charge in [-0.3, -0.25) is 9.59 Å². The zero-order valence-electron chi connectivity index (χ0n) is 22.4. The lowest BCUT2D eigenvalue weighted by atomic mass is 9.80. The summed E-state index contributed by atoms with van der Waals surface area (Å²) in [6.45, 7) is 3.53. The van der Waals surface area contributed by atoms with Crippen LogP contribution in [0.25, 0.3) is 5.57 Å². The number of carbonyl (C=O) groups excluding carboxylic acids is 2. The third-order valence-corrected chi connectivity index (χ3v) is 7.70. The van der Waals surface area contributed by atoms with Crippen LogP contribution in [0, 0.1) is 30.3 Å². The molecule has 0 radical (unpaired) electrons. The molecule has 1 aliphatic rings. The summed E-state index contributed by atoms with van der Waals surface area (Å²) in [5.41, 5.74) is 5.90. The van der Waals surface area contributed by atoms with Gasteiger partial charge in [0, 0.05) is 29.5 Å². The maximum atomic E-state index is 14.7. The second kappa shape index (κ2) is 11.5. The summed E-state index contributed by atoms with van der Waals surface area (Å²) in [5.74, 6) is -5.34. The molecule has 40 heavy (non-hydrogen) atoms. The number of benzene rings is 4. The van der Waals surface area contributed by atoms with Gasteiger partial charge in [0.15, 0.2) is 11.6 Å². The molecule has 0 aliphatic heterocycles. The van der Waals surface area contributed by atoms with E-state index in [-0.39, 0.29) is 11.7 Å². The summed E-state index contributed by atoms with van der Waals surface area (Å²) in [6.07, 6.45) is 3.67. The Morgan fingerprint density at radius 3 is 2.23 bits per heavy atom. The molecule has 0 bridgehead atoms. The first-order valence-electron chi connectivity index (χ1n) is 13.4. The molecule has 0 aromatic heterocycles. The van der Waals surface area contributed by atoms with E-state index in [0.29, 0.717) is 37.0 Å². The lowest BCUT2D eigenvalue weighted by Crippen LogP contribution is -2.21. The van der Waals surface area contributed by atoms with Crippen LogP contribution in [0.2, 0.25) is 0 Å². The van der Waals surface area contributed by atoms with Gasteiger partial charge in [-0.05, 0) is 67.0 Å². The number of aryl methyl sites for hydroxylation is 3. The van der Waals surface area contributed by atoms with Crippen LogP contribution in [0.1, 0.15) is 67.8 Å². The Morgan fingerprint density at radius 1 is 0.825 bits per heavy atom. The molecule has 0 saturated carbocycles. The number of ketones is 2. The summed E-state index contributed by atoms with van der Waals surface area (Å²) < 4.78 is 43.1. The van der Waals surface area contributed by atoms with Crippen molar-refractivity contribution in [2.24, 2.45) is 5.92 Å². The van der Waals surface area contributed by atoms with Crippen LogP contribution >= 0.6 is 0 Å². The van der Waals surface area contributed by atoms with E-state index in [1.165, 1.54) is 6.92 Å². The van der Waals surface area contributed by atoms with Crippen molar-refractivity contribution >= 4 is 17.1 Å². The van der Waals surface area contributed by atoms with E-state index in [1.54, 1.807) is 6.07 Å². The number of allylic oxidation sites excluding steroid dienone is 2. The van der Waals surface area contributed by atoms with Crippen LogP contribution in [-0.2, 0) is 12.8 Å². The minimum absolute atomic E-state index is 0.00419. The predicted octanol–water partition coefficient (Wildman–Crippen LogP) is 8.47. The molecule has 1 aliphatic carbocycles. The summed E-state index contributed by atoms with van der Waals surface area (Å²) >= 11 is 0. The Balaban J connectivity index is 1.52. The van der Waals surface area contributed by atoms with Gasteiger partial charge in [0.1, 0.15) is 17.5 Å². The molecule has 4 aromatic rings. The molecule has 5 heteroatoms. The Kier molecular flexibility index (Phi) is 7.83. The van der Waals surface area contributed by atoms with Crippen LogP contribution in [0.5, 0.6) is 0 Å². The number of hydrogen-bond acceptors (Lipinski definition) is 2. The lowest BCUT2D eigenvalue weighted by molar-refractivity contribution is 0.0925. The van der Waals surface area contributed by atoms with Gasteiger partial charge >= 0.3 is 0 Å². The van der Waals surface area contributed by atoms with Crippen LogP contribution < -0.4 is 0 Å². The molecule has 0 amide bonds. The van der Waals surface area contributed by atoms with E-state index >= 15 is 0 Å². The van der Waals surface area contributed by atoms with E-state index in [0.717, 1.165) is 33.4 Å². The minimum atomic E-state index is -1.20. The molecule has 2 nitrogen and oxygen atoms in total. The monoisotopic (exact) mass is 538 g/mol. The average molecular weight is 539 g/mol. The molecule has 2 unspecified atom stereocenters. The average Bonchev–Trinajstić information content (AvgIpc) is 3.37. The SMILES string of the molecule is CC(=O)c1cccc(CCc2ccccc2C2CC(c3ccc(C)cc3)=CC2C(=O)c2c(F)cc(F)cc2F)c1. The Hall–Kier alpha value is -4.25. The van der Waals surface area contributed by atoms with E-state index in [2.05, 4.69) is 0 Å². The van der Waals surface area contributed by atoms with Gasteiger partial charge in [0.2, 0.25) is 0 Å². The predicted molar refractivity (Wildman–Crippen MR) is 151 cm³/mol. The van der Waals surface area contributed by atoms with Crippen LogP contribution in [0.3, 0.4) is 0 Å². The van der Waals surface area contributed by atoms with E-state index in [9.17, 15) is 22.8 Å². The molecular weight excluding hydrogens is 509 g/mol. The zero-order chi connectivity index (χ0) is 28.4. The summed E-state index contributed by atoms with van der Waals surface area (Å²) in [4.78, 5) is 25.6. The number of hydrogen-bond donors (Lipinski definition) is 0. The van der Waals surface area contributed by atoms with Gasteiger partial charge in [-0.25, -0.2) is 13.2 Å². The highest BCUT2D eigenvalue weighted by atomic mass is 19.1. The van der Waals surface area contributed by atoms with Gasteiger partial charge in [-0.15, -0.1) is 0 Å². The summed E-state index contributed by atoms with van der Waals surface area (Å²) in [6, 6.07) is 24.4. The fourth-order valence-corrected chi connectivity index (χ4v) is 5.60. The van der Waals surface area contributed by atoms with E-state index in [1.807, 2.05) is 79.7 Å². The first-order valence-corrected chi connectivity index (χ1v) is 13.4. The molecule has 0 N–H and O–H groups in total. The van der Waals surface area contributed by atoms with Gasteiger partial charge in [-0.2, -0.15) is 0 Å². The van der Waals surface area contributed by atoms with Crippen molar-refractivity contribution in [2.45, 2.75) is 39.0 Å². The molecule has 202 valence electrons. The van der Waals surface area contributed by atoms with Crippen molar-refractivity contribution in [1.29, 1.82) is 0 Å². The molecular formula is C35H29F3O2. The van der Waals surface area contributed by atoms with Crippen molar-refractivity contribution < 1.29 is 22.8 Å². The standard InChI is InChI=1S/C35H29F3O2/c1-21-10-13-24(14-11-21)27-17-30(31(18-27)35(40)34-32(37)19-28(36)20-33(34)38)29-9-4-3-7-25(29)15-12-23-6-5-8-26(16-23)22(2)39/h3-11,13-14,16,18-20,30-31H,12,15,17H2,1-2H3. The highest BCUT2D eigenvalue weighted by Crippen LogP contribution is 2.45. The number of carbonyl (C=O) groups is 2. The van der Waals surface area contributed by atoms with Gasteiger partial charge in [0.05, 0.1) is 5.56 Å². The maximum absolute atomic E-state index is 14.7. The minimum Gasteiger partial charge on any atom is -0.295 e. The Morgan fingerprint density at radius 2 is 1.52 bits per heavy atom. The van der Waals surface area contributed by atoms with Crippen LogP contribution in [0.4, 0.5) is 13.2 Å². The molecule has 0 saturated heterocycles. The first-order chi connectivity index (χ1) is 19.2. The Bertz CT molecular complexity index is 1600. The highest BCUT2D eigenvalue weighted by Gasteiger charge is 2.38. The smallest absolute Gasteiger partial charge is 0.176 e. The Labute approximate surface area is 232 Å². The fourth-order valence-electron chi connectivity index (χ4n) is 5.60. The number of Topliss-reactive ketones (excluding diaryl/α,β-unsaturated/α-hetero) is 2. The largest absolute Gasteiger partial charge is 0.295 e. The molecule has 0 spiro atoms. The zero-order valence-corrected chi connectivity index (χ0v) is 22.4. The topological polar surface area (TPSA) is 34.1 Å². The molecule has 5 rings (SSSR count). The highest BCUT2D eigenvalue weighted by molar-refractivity contribution is 6.02. The van der Waals surface area contributed by atoms with Crippen molar-refractivity contribution in [2.75, 3.05) is 0 Å². The second-order valence-electron chi connectivity index (χ2n) is 10.5. The van der Waals surface area contributed by atoms with Crippen molar-refractivity contribution in [1.82, 2.24) is 0 Å². The quantitative estimate of drug-likeness (QED) is 0.211. The molecule has 0 fully saturated rings. The number of rotatable bonds is 8. The third kappa shape index (κ3) is 5.69. The number of halogens is 3. The lowest BCUT2D eigenvalue weighted by Gasteiger charge is -2.22. The van der Waals surface area contributed by atoms with Crippen molar-refractivity contribution in [3.63, 3.8) is 0 Å². The fraction of sp³-hybridized carbons (Fsp3) is 0.200. The maximum Gasteiger partial charge on any atom is 0.176 e. The second-order valence-corrected chi connectivity index (χ2v) is 10.5. The van der Waals surface area contributed by atoms with Crippen LogP contribution in [-0.4, -0.2) is 11.6 Å². The van der Waals surface area contributed by atoms with Gasteiger partial charge < -0.3 is 0 Å². The molecule has 0 heterocycles. The van der Waals surface area contributed by atoms with Crippen molar-refractivity contribution in [3.05, 3.63) is 147 Å².